The number of hydrogen-bond acceptors (Lipinski definition) is 2. The summed E-state index contributed by atoms with van der Waals surface area (Å²) in [5.41, 5.74) is -0.752. The Bertz CT molecular complexity index is 192. The van der Waals surface area contributed by atoms with Crippen LogP contribution in [0.2, 0.25) is 6.04 Å². The molecule has 1 saturated heterocycles. The van der Waals surface area contributed by atoms with Crippen LogP contribution in [0.15, 0.2) is 0 Å². The molecule has 2 fully saturated rings. The highest BCUT2D eigenvalue weighted by molar-refractivity contribution is 6.97. The second-order valence-electron chi connectivity index (χ2n) is 4.41. The highest BCUT2D eigenvalue weighted by Gasteiger charge is 2.25. The van der Waals surface area contributed by atoms with Gasteiger partial charge in [0.05, 0.1) is 0 Å². The summed E-state index contributed by atoms with van der Waals surface area (Å²) in [6.45, 7) is 1.10. The van der Waals surface area contributed by atoms with Crippen molar-refractivity contribution in [2.45, 2.75) is 50.2 Å². The number of hydrogen-bond donors (Lipinski definition) is 1. The maximum absolute atomic E-state index is 9.44. The van der Waals surface area contributed by atoms with E-state index in [9.17, 15) is 5.11 Å². The lowest BCUT2D eigenvalue weighted by Gasteiger charge is -2.26. The van der Waals surface area contributed by atoms with Gasteiger partial charge in [0.2, 0.25) is 0 Å². The normalized spacial score (nSPS) is 27.7. The van der Waals surface area contributed by atoms with E-state index in [0.29, 0.717) is 9.04 Å². The van der Waals surface area contributed by atoms with Gasteiger partial charge in [-0.1, -0.05) is 18.4 Å². The zero-order chi connectivity index (χ0) is 11.0. The van der Waals surface area contributed by atoms with E-state index in [1.807, 2.05) is 0 Å². The van der Waals surface area contributed by atoms with E-state index in [1.54, 1.807) is 6.04 Å². The predicted octanol–water partition coefficient (Wildman–Crippen LogP) is 0.307. The molecule has 0 unspecified atom stereocenters. The minimum absolute atomic E-state index is 0.147. The molecule has 15 heavy (non-hydrogen) atoms. The molecular weight excluding hydrogens is 220 g/mol. The molecule has 0 aromatic carbocycles. The molecule has 0 bridgehead atoms. The molecule has 4 heteroatoms. The zero-order valence-electron chi connectivity index (χ0n) is 9.50. The first-order valence-electron chi connectivity index (χ1n) is 6.05. The first kappa shape index (κ1) is 13.0. The first-order valence-corrected chi connectivity index (χ1v) is 11.6. The lowest BCUT2D eigenvalue weighted by atomic mass is 9.86. The summed E-state index contributed by atoms with van der Waals surface area (Å²) >= 11 is 0. The topological polar surface area (TPSA) is 29.5 Å². The molecule has 1 heterocycles. The molecule has 0 aromatic rings. The van der Waals surface area contributed by atoms with Gasteiger partial charge in [0.1, 0.15) is 14.9 Å². The highest BCUT2D eigenvalue weighted by atomic mass is 29.2. The molecule has 0 atom stereocenters. The Hall–Kier alpha value is -0.0862. The Balaban J connectivity index is 0.000000162. The van der Waals surface area contributed by atoms with Gasteiger partial charge in [0.15, 0.2) is 0 Å². The molecule has 1 aliphatic heterocycles. The standard InChI is InChI=1S/C8H12O.C3H10OSi2/c1-2-8(9)6-4-3-5-7-8;1-2-4-6-5-3-1/h1,9H,3-7H2;1-3,5-6H2. The molecule has 2 rings (SSSR count). The van der Waals surface area contributed by atoms with E-state index in [2.05, 4.69) is 5.92 Å². The molecule has 1 aliphatic carbocycles. The van der Waals surface area contributed by atoms with E-state index in [-0.39, 0.29) is 9.28 Å². The van der Waals surface area contributed by atoms with Crippen LogP contribution in [0.5, 0.6) is 0 Å². The maximum Gasteiger partial charge on any atom is 0.143 e. The van der Waals surface area contributed by atoms with Gasteiger partial charge in [-0.05, 0) is 32.1 Å². The highest BCUT2D eigenvalue weighted by Crippen LogP contribution is 2.26. The summed E-state index contributed by atoms with van der Waals surface area (Å²) in [5.74, 6) is 2.44. The molecular formula is C11H22O2Si2. The number of aliphatic hydroxyl groups is 1. The molecule has 86 valence electrons. The lowest BCUT2D eigenvalue weighted by Crippen LogP contribution is -2.28. The van der Waals surface area contributed by atoms with Crippen LogP contribution in [0.25, 0.3) is 0 Å². The lowest BCUT2D eigenvalue weighted by molar-refractivity contribution is 0.0612. The van der Waals surface area contributed by atoms with Crippen LogP contribution in [-0.4, -0.2) is 35.6 Å². The fourth-order valence-corrected chi connectivity index (χ4v) is 6.24. The zero-order valence-corrected chi connectivity index (χ0v) is 12.3. The average Bonchev–Trinajstić information content (AvgIpc) is 2.33. The minimum Gasteiger partial charge on any atom is -0.428 e. The van der Waals surface area contributed by atoms with Crippen LogP contribution in [0.4, 0.5) is 0 Å². The van der Waals surface area contributed by atoms with Crippen molar-refractivity contribution in [1.82, 2.24) is 0 Å². The fraction of sp³-hybridized carbons (Fsp3) is 0.818. The van der Waals surface area contributed by atoms with E-state index < -0.39 is 5.60 Å². The second-order valence-corrected chi connectivity index (χ2v) is 9.99. The fourth-order valence-electron chi connectivity index (χ4n) is 1.97. The molecule has 0 amide bonds. The van der Waals surface area contributed by atoms with Crippen molar-refractivity contribution < 1.29 is 9.53 Å². The minimum atomic E-state index is -0.752. The first-order chi connectivity index (χ1) is 7.27. The van der Waals surface area contributed by atoms with Gasteiger partial charge in [-0.2, -0.15) is 0 Å². The summed E-state index contributed by atoms with van der Waals surface area (Å²) in [7, 11) is 0.573. The molecule has 0 radical (unpaired) electrons. The number of terminal acetylenes is 1. The Morgan fingerprint density at radius 3 is 2.20 bits per heavy atom. The van der Waals surface area contributed by atoms with Gasteiger partial charge in [0, 0.05) is 15.6 Å². The molecule has 1 N–H and O–H groups in total. The van der Waals surface area contributed by atoms with Crippen molar-refractivity contribution in [2.24, 2.45) is 0 Å². The van der Waals surface area contributed by atoms with Gasteiger partial charge in [0.25, 0.3) is 0 Å². The van der Waals surface area contributed by atoms with Gasteiger partial charge >= 0.3 is 0 Å². The van der Waals surface area contributed by atoms with Gasteiger partial charge in [-0.3, -0.25) is 0 Å². The Morgan fingerprint density at radius 2 is 1.93 bits per heavy atom. The molecule has 1 saturated carbocycles. The van der Waals surface area contributed by atoms with Crippen LogP contribution in [-0.2, 0) is 4.43 Å². The molecule has 2 nitrogen and oxygen atoms in total. The van der Waals surface area contributed by atoms with Crippen molar-refractivity contribution in [1.29, 1.82) is 0 Å². The van der Waals surface area contributed by atoms with E-state index in [0.717, 1.165) is 32.3 Å². The van der Waals surface area contributed by atoms with Crippen molar-refractivity contribution in [3.63, 3.8) is 0 Å². The van der Waals surface area contributed by atoms with Crippen LogP contribution >= 0.6 is 0 Å². The van der Waals surface area contributed by atoms with E-state index in [4.69, 9.17) is 10.8 Å². The monoisotopic (exact) mass is 242 g/mol. The SMILES string of the molecule is C#CC1(O)CCCCC1.C1CO[SiH2][SiH2]C1. The summed E-state index contributed by atoms with van der Waals surface area (Å²) in [6, 6.07) is 1.58. The number of rotatable bonds is 0. The van der Waals surface area contributed by atoms with Crippen LogP contribution in [0.3, 0.4) is 0 Å². The second kappa shape index (κ2) is 7.23. The van der Waals surface area contributed by atoms with Crippen LogP contribution < -0.4 is 0 Å². The smallest absolute Gasteiger partial charge is 0.143 e. The summed E-state index contributed by atoms with van der Waals surface area (Å²) in [5, 5.41) is 9.44. The van der Waals surface area contributed by atoms with E-state index >= 15 is 0 Å². The van der Waals surface area contributed by atoms with Crippen molar-refractivity contribution >= 4 is 18.3 Å². The molecule has 0 spiro atoms. The quantitative estimate of drug-likeness (QED) is 0.489. The third kappa shape index (κ3) is 5.52. The third-order valence-corrected chi connectivity index (χ3v) is 8.12. The van der Waals surface area contributed by atoms with Crippen LogP contribution in [0.1, 0.15) is 38.5 Å². The summed E-state index contributed by atoms with van der Waals surface area (Å²) in [6.07, 6.45) is 11.5. The molecule has 2 aliphatic rings. The Morgan fingerprint density at radius 1 is 1.20 bits per heavy atom. The Labute approximate surface area is 97.4 Å². The molecule has 0 aromatic heterocycles. The van der Waals surface area contributed by atoms with Gasteiger partial charge < -0.3 is 9.53 Å². The summed E-state index contributed by atoms with van der Waals surface area (Å²) in [4.78, 5) is 0. The van der Waals surface area contributed by atoms with Crippen molar-refractivity contribution in [3.05, 3.63) is 0 Å². The predicted molar refractivity (Wildman–Crippen MR) is 69.3 cm³/mol. The largest absolute Gasteiger partial charge is 0.428 e. The average molecular weight is 242 g/mol. The van der Waals surface area contributed by atoms with Crippen molar-refractivity contribution in [2.75, 3.05) is 6.61 Å². The van der Waals surface area contributed by atoms with Gasteiger partial charge in [-0.15, -0.1) is 6.42 Å². The van der Waals surface area contributed by atoms with Gasteiger partial charge in [-0.25, -0.2) is 0 Å². The van der Waals surface area contributed by atoms with E-state index in [1.165, 1.54) is 12.8 Å². The summed E-state index contributed by atoms with van der Waals surface area (Å²) < 4.78 is 5.27. The van der Waals surface area contributed by atoms with Crippen LogP contribution in [0, 0.1) is 12.3 Å². The maximum atomic E-state index is 9.44. The third-order valence-electron chi connectivity index (χ3n) is 3.03. The Kier molecular flexibility index (Phi) is 6.26. The van der Waals surface area contributed by atoms with Crippen molar-refractivity contribution in [3.8, 4) is 12.3 Å².